The number of para-hydroxylation sites is 2. The summed E-state index contributed by atoms with van der Waals surface area (Å²) in [5, 5.41) is 11.7. The lowest BCUT2D eigenvalue weighted by molar-refractivity contribution is -0.138. The summed E-state index contributed by atoms with van der Waals surface area (Å²) in [6.45, 7) is -0.283. The molecular formula is C46H34F6N6O6. The lowest BCUT2D eigenvalue weighted by atomic mass is 10.0. The van der Waals surface area contributed by atoms with Gasteiger partial charge in [0.2, 0.25) is 5.91 Å². The Morgan fingerprint density at radius 1 is 0.609 bits per heavy atom. The number of halogens is 6. The smallest absolute Gasteiger partial charge is 0.416 e. The standard InChI is InChI=1S/C24H19F3N4O3.C22H15F3N2O3/c1-31-19-10-4-9-18(14-5-2-6-15(11-14)22(33)29-13-20(28)32)21(19)30-23(31)34-17-8-3-7-16(12-17)24(25,26)27;1-27-18-10-4-9-17(13-5-2-6-14(11-13)20(28)29)19(18)26-21(27)30-16-8-3-7-15(12-16)22(23,24)25/h2-12H,13H2,1H3,(H2,28,32)(H,29,33);2-12H,1H3,(H,28,29). The van der Waals surface area contributed by atoms with E-state index in [0.29, 0.717) is 49.9 Å². The second-order valence-corrected chi connectivity index (χ2v) is 14.1. The first-order valence-electron chi connectivity index (χ1n) is 19.0. The summed E-state index contributed by atoms with van der Waals surface area (Å²) in [5.41, 5.74) is 9.08. The van der Waals surface area contributed by atoms with Gasteiger partial charge in [0.25, 0.3) is 5.91 Å². The molecule has 6 aromatic carbocycles. The number of aromatic nitrogens is 4. The Hall–Kier alpha value is -8.15. The molecule has 8 aromatic rings. The van der Waals surface area contributed by atoms with E-state index in [2.05, 4.69) is 15.3 Å². The monoisotopic (exact) mass is 880 g/mol. The number of hydrogen-bond donors (Lipinski definition) is 3. The Morgan fingerprint density at radius 2 is 1.03 bits per heavy atom. The molecule has 0 saturated carbocycles. The number of carboxylic acids is 1. The summed E-state index contributed by atoms with van der Waals surface area (Å²) in [7, 11) is 3.38. The highest BCUT2D eigenvalue weighted by Gasteiger charge is 2.32. The number of nitrogens with two attached hydrogens (primary N) is 1. The van der Waals surface area contributed by atoms with Gasteiger partial charge in [-0.15, -0.1) is 0 Å². The molecule has 326 valence electrons. The van der Waals surface area contributed by atoms with Gasteiger partial charge in [0.15, 0.2) is 0 Å². The zero-order chi connectivity index (χ0) is 45.9. The Morgan fingerprint density at radius 3 is 1.47 bits per heavy atom. The van der Waals surface area contributed by atoms with Gasteiger partial charge in [0.05, 0.1) is 34.3 Å². The molecule has 2 aromatic heterocycles. The number of imidazole rings is 2. The van der Waals surface area contributed by atoms with Crippen molar-refractivity contribution in [3.8, 4) is 45.8 Å². The predicted octanol–water partition coefficient (Wildman–Crippen LogP) is 10.0. The number of alkyl halides is 6. The number of carbonyl (C=O) groups is 3. The highest BCUT2D eigenvalue weighted by atomic mass is 19.4. The number of primary amides is 1. The number of nitrogens with zero attached hydrogens (tertiary/aromatic N) is 4. The summed E-state index contributed by atoms with van der Waals surface area (Å²) in [4.78, 5) is 43.5. The number of benzene rings is 6. The molecule has 0 saturated heterocycles. The summed E-state index contributed by atoms with van der Waals surface area (Å²) in [6.07, 6.45) is -8.97. The first-order valence-corrected chi connectivity index (χ1v) is 19.0. The number of carbonyl (C=O) groups excluding carboxylic acids is 2. The van der Waals surface area contributed by atoms with Crippen LogP contribution in [-0.2, 0) is 31.2 Å². The van der Waals surface area contributed by atoms with E-state index in [4.69, 9.17) is 15.2 Å². The molecule has 18 heteroatoms. The quantitative estimate of drug-likeness (QED) is 0.114. The van der Waals surface area contributed by atoms with Crippen LogP contribution in [0.25, 0.3) is 44.3 Å². The van der Waals surface area contributed by atoms with Gasteiger partial charge in [-0.3, -0.25) is 18.7 Å². The van der Waals surface area contributed by atoms with Gasteiger partial charge in [-0.25, -0.2) is 4.79 Å². The minimum absolute atomic E-state index is 0.00269. The van der Waals surface area contributed by atoms with Crippen molar-refractivity contribution in [2.75, 3.05) is 6.54 Å². The van der Waals surface area contributed by atoms with Crippen LogP contribution >= 0.6 is 0 Å². The van der Waals surface area contributed by atoms with Crippen LogP contribution in [0.5, 0.6) is 23.5 Å². The van der Waals surface area contributed by atoms with E-state index in [1.165, 1.54) is 30.3 Å². The second-order valence-electron chi connectivity index (χ2n) is 14.1. The van der Waals surface area contributed by atoms with Crippen molar-refractivity contribution < 1.29 is 55.3 Å². The van der Waals surface area contributed by atoms with Crippen molar-refractivity contribution in [1.82, 2.24) is 24.4 Å². The van der Waals surface area contributed by atoms with E-state index in [-0.39, 0.29) is 35.6 Å². The summed E-state index contributed by atoms with van der Waals surface area (Å²) >= 11 is 0. The van der Waals surface area contributed by atoms with Gasteiger partial charge in [-0.1, -0.05) is 60.7 Å². The second kappa shape index (κ2) is 17.7. The number of fused-ring (bicyclic) bond motifs is 2. The van der Waals surface area contributed by atoms with E-state index in [1.807, 2.05) is 6.07 Å². The summed E-state index contributed by atoms with van der Waals surface area (Å²) in [5.74, 6) is -2.14. The highest BCUT2D eigenvalue weighted by molar-refractivity contribution is 5.99. The lowest BCUT2D eigenvalue weighted by Gasteiger charge is -2.09. The summed E-state index contributed by atoms with van der Waals surface area (Å²) in [6, 6.07) is 33.3. The molecule has 4 N–H and O–H groups in total. The number of rotatable bonds is 10. The number of nitrogens with one attached hydrogen (secondary N) is 1. The van der Waals surface area contributed by atoms with E-state index < -0.39 is 41.3 Å². The fraction of sp³-hybridized carbons (Fsp3) is 0.109. The fourth-order valence-corrected chi connectivity index (χ4v) is 6.63. The maximum Gasteiger partial charge on any atom is 0.416 e. The van der Waals surface area contributed by atoms with Crippen LogP contribution in [0.4, 0.5) is 26.3 Å². The number of hydrogen-bond acceptors (Lipinski definition) is 7. The molecule has 0 radical (unpaired) electrons. The van der Waals surface area contributed by atoms with Crippen molar-refractivity contribution in [2.24, 2.45) is 19.8 Å². The molecule has 2 amide bonds. The molecule has 0 bridgehead atoms. The van der Waals surface area contributed by atoms with E-state index >= 15 is 0 Å². The van der Waals surface area contributed by atoms with Gasteiger partial charge in [0.1, 0.15) is 22.5 Å². The van der Waals surface area contributed by atoms with Crippen molar-refractivity contribution in [2.45, 2.75) is 12.4 Å². The molecule has 8 rings (SSSR count). The van der Waals surface area contributed by atoms with Gasteiger partial charge in [-0.05, 0) is 83.9 Å². The zero-order valence-electron chi connectivity index (χ0n) is 33.5. The molecule has 0 fully saturated rings. The third kappa shape index (κ3) is 9.65. The SMILES string of the molecule is Cn1c(Oc2cccc(C(F)(F)F)c2)nc2c(-c3cccc(C(=O)NCC(N)=O)c3)cccc21.Cn1c(Oc2cccc(C(F)(F)F)c2)nc2c(-c3cccc(C(=O)O)c3)cccc21. The van der Waals surface area contributed by atoms with Crippen molar-refractivity contribution in [1.29, 1.82) is 0 Å². The zero-order valence-corrected chi connectivity index (χ0v) is 33.5. The van der Waals surface area contributed by atoms with E-state index in [1.54, 1.807) is 96.0 Å². The van der Waals surface area contributed by atoms with E-state index in [9.17, 15) is 45.8 Å². The van der Waals surface area contributed by atoms with Crippen LogP contribution in [0.1, 0.15) is 31.8 Å². The predicted molar refractivity (Wildman–Crippen MR) is 224 cm³/mol. The topological polar surface area (TPSA) is 164 Å². The molecule has 0 unspecified atom stereocenters. The van der Waals surface area contributed by atoms with Crippen molar-refractivity contribution in [3.63, 3.8) is 0 Å². The van der Waals surface area contributed by atoms with Crippen LogP contribution in [0, 0.1) is 0 Å². The largest absolute Gasteiger partial charge is 0.478 e. The Labute approximate surface area is 359 Å². The molecule has 2 heterocycles. The normalized spacial score (nSPS) is 11.5. The van der Waals surface area contributed by atoms with Crippen molar-refractivity contribution in [3.05, 3.63) is 156 Å². The van der Waals surface area contributed by atoms with Gasteiger partial charge in [0, 0.05) is 30.8 Å². The molecule has 0 aliphatic rings. The molecule has 12 nitrogen and oxygen atoms in total. The first-order chi connectivity index (χ1) is 30.4. The first kappa shape index (κ1) is 43.9. The minimum atomic E-state index is -4.49. The fourth-order valence-electron chi connectivity index (χ4n) is 6.63. The lowest BCUT2D eigenvalue weighted by Crippen LogP contribution is -2.33. The third-order valence-electron chi connectivity index (χ3n) is 9.76. The third-order valence-corrected chi connectivity index (χ3v) is 9.76. The average Bonchev–Trinajstić information content (AvgIpc) is 3.76. The number of aromatic carboxylic acids is 1. The Kier molecular flexibility index (Phi) is 12.1. The van der Waals surface area contributed by atoms with Gasteiger partial charge < -0.3 is 25.6 Å². The highest BCUT2D eigenvalue weighted by Crippen LogP contribution is 2.37. The van der Waals surface area contributed by atoms with Crippen LogP contribution in [-0.4, -0.2) is 48.5 Å². The van der Waals surface area contributed by atoms with Gasteiger partial charge >= 0.3 is 30.3 Å². The maximum absolute atomic E-state index is 13.0. The average molecular weight is 881 g/mol. The van der Waals surface area contributed by atoms with Crippen LogP contribution in [0.15, 0.2) is 133 Å². The minimum Gasteiger partial charge on any atom is -0.478 e. The number of amides is 2. The summed E-state index contributed by atoms with van der Waals surface area (Å²) < 4.78 is 92.6. The number of carboxylic acid groups (broad SMARTS) is 1. The Balaban J connectivity index is 0.000000193. The van der Waals surface area contributed by atoms with E-state index in [0.717, 1.165) is 24.3 Å². The molecular weight excluding hydrogens is 847 g/mol. The Bertz CT molecular complexity index is 3070. The van der Waals surface area contributed by atoms with Crippen LogP contribution < -0.4 is 20.5 Å². The van der Waals surface area contributed by atoms with Crippen LogP contribution in [0.2, 0.25) is 0 Å². The molecule has 0 spiro atoms. The number of ether oxygens (including phenoxy) is 2. The van der Waals surface area contributed by atoms with Crippen molar-refractivity contribution >= 4 is 39.9 Å². The van der Waals surface area contributed by atoms with Crippen LogP contribution in [0.3, 0.4) is 0 Å². The maximum atomic E-state index is 13.0. The molecule has 64 heavy (non-hydrogen) atoms. The molecule has 0 atom stereocenters. The molecule has 0 aliphatic carbocycles. The van der Waals surface area contributed by atoms with Gasteiger partial charge in [-0.2, -0.15) is 36.3 Å². The molecule has 0 aliphatic heterocycles. The number of aryl methyl sites for hydroxylation is 2.